The van der Waals surface area contributed by atoms with Crippen LogP contribution < -0.4 is 10.6 Å². The third-order valence-electron chi connectivity index (χ3n) is 4.50. The van der Waals surface area contributed by atoms with E-state index in [1.54, 1.807) is 0 Å². The third kappa shape index (κ3) is 2.60. The van der Waals surface area contributed by atoms with Crippen LogP contribution in [-0.4, -0.2) is 41.9 Å². The second-order valence-corrected chi connectivity index (χ2v) is 6.14. The second kappa shape index (κ2) is 5.42. The van der Waals surface area contributed by atoms with Crippen LogP contribution in [0.15, 0.2) is 4.52 Å². The lowest BCUT2D eigenvalue weighted by Gasteiger charge is -2.30. The quantitative estimate of drug-likeness (QED) is 0.860. The lowest BCUT2D eigenvalue weighted by Crippen LogP contribution is -2.47. The van der Waals surface area contributed by atoms with Crippen molar-refractivity contribution in [1.29, 1.82) is 0 Å². The van der Waals surface area contributed by atoms with Crippen molar-refractivity contribution in [2.45, 2.75) is 56.2 Å². The average Bonchev–Trinajstić information content (AvgIpc) is 2.98. The lowest BCUT2D eigenvalue weighted by molar-refractivity contribution is 0.103. The molecule has 4 rings (SSSR count). The standard InChI is InChI=1S/C14H22N4O2/c1-2-12(19-7-1)13-17-14(20-18-13)10-8-15-6-5-11(10)16-9-3-4-9/h9-12,15-16H,1-8H2. The molecule has 0 radical (unpaired) electrons. The number of aromatic nitrogens is 2. The van der Waals surface area contributed by atoms with E-state index < -0.39 is 0 Å². The molecule has 2 aliphatic heterocycles. The molecule has 1 saturated carbocycles. The van der Waals surface area contributed by atoms with E-state index in [2.05, 4.69) is 20.8 Å². The van der Waals surface area contributed by atoms with Gasteiger partial charge in [-0.05, 0) is 38.6 Å². The second-order valence-electron chi connectivity index (χ2n) is 6.14. The highest BCUT2D eigenvalue weighted by atomic mass is 16.5. The summed E-state index contributed by atoms with van der Waals surface area (Å²) < 4.78 is 11.2. The summed E-state index contributed by atoms with van der Waals surface area (Å²) in [5.74, 6) is 1.78. The molecule has 0 spiro atoms. The van der Waals surface area contributed by atoms with Gasteiger partial charge in [-0.3, -0.25) is 0 Å². The first-order chi connectivity index (χ1) is 9.90. The van der Waals surface area contributed by atoms with Gasteiger partial charge in [0.25, 0.3) is 0 Å². The van der Waals surface area contributed by atoms with Gasteiger partial charge in [-0.15, -0.1) is 0 Å². The summed E-state index contributed by atoms with van der Waals surface area (Å²) >= 11 is 0. The largest absolute Gasteiger partial charge is 0.370 e. The van der Waals surface area contributed by atoms with E-state index in [-0.39, 0.29) is 12.0 Å². The Morgan fingerprint density at radius 2 is 2.15 bits per heavy atom. The van der Waals surface area contributed by atoms with Crippen LogP contribution >= 0.6 is 0 Å². The van der Waals surface area contributed by atoms with Crippen molar-refractivity contribution < 1.29 is 9.26 Å². The minimum absolute atomic E-state index is 0.0406. The van der Waals surface area contributed by atoms with E-state index in [0.29, 0.717) is 12.1 Å². The van der Waals surface area contributed by atoms with Gasteiger partial charge >= 0.3 is 0 Å². The Kier molecular flexibility index (Phi) is 3.45. The Hall–Kier alpha value is -0.980. The molecule has 1 aromatic heterocycles. The molecule has 0 amide bonds. The summed E-state index contributed by atoms with van der Waals surface area (Å²) in [6.45, 7) is 2.79. The Labute approximate surface area is 118 Å². The predicted octanol–water partition coefficient (Wildman–Crippen LogP) is 1.12. The van der Waals surface area contributed by atoms with E-state index in [9.17, 15) is 0 Å². The molecule has 0 aromatic carbocycles. The number of nitrogens with one attached hydrogen (secondary N) is 2. The number of hydrogen-bond acceptors (Lipinski definition) is 6. The average molecular weight is 278 g/mol. The molecular weight excluding hydrogens is 256 g/mol. The van der Waals surface area contributed by atoms with Gasteiger partial charge in [0, 0.05) is 25.2 Å². The summed E-state index contributed by atoms with van der Waals surface area (Å²) in [5.41, 5.74) is 0. The molecule has 1 aromatic rings. The highest BCUT2D eigenvalue weighted by molar-refractivity contribution is 5.06. The van der Waals surface area contributed by atoms with E-state index in [0.717, 1.165) is 50.7 Å². The molecular formula is C14H22N4O2. The SMILES string of the molecule is C1COC(c2noc(C3CNCCC3NC3CC3)n2)C1. The monoisotopic (exact) mass is 278 g/mol. The van der Waals surface area contributed by atoms with Crippen LogP contribution in [0.25, 0.3) is 0 Å². The van der Waals surface area contributed by atoms with Crippen LogP contribution in [0.5, 0.6) is 0 Å². The Balaban J connectivity index is 1.48. The highest BCUT2D eigenvalue weighted by Gasteiger charge is 2.35. The molecule has 3 fully saturated rings. The van der Waals surface area contributed by atoms with Gasteiger partial charge in [0.15, 0.2) is 0 Å². The summed E-state index contributed by atoms with van der Waals surface area (Å²) in [6.07, 6.45) is 5.87. The number of piperidine rings is 1. The van der Waals surface area contributed by atoms with E-state index in [4.69, 9.17) is 9.26 Å². The number of ether oxygens (including phenoxy) is 1. The van der Waals surface area contributed by atoms with Crippen LogP contribution in [0, 0.1) is 0 Å². The molecule has 3 atom stereocenters. The van der Waals surface area contributed by atoms with Gasteiger partial charge in [-0.1, -0.05) is 5.16 Å². The molecule has 3 heterocycles. The van der Waals surface area contributed by atoms with E-state index in [1.807, 2.05) is 0 Å². The Morgan fingerprint density at radius 1 is 1.20 bits per heavy atom. The van der Waals surface area contributed by atoms with Gasteiger partial charge in [0.05, 0.1) is 5.92 Å². The maximum Gasteiger partial charge on any atom is 0.232 e. The van der Waals surface area contributed by atoms with Gasteiger partial charge in [-0.25, -0.2) is 0 Å². The van der Waals surface area contributed by atoms with Crippen LogP contribution in [0.1, 0.15) is 55.8 Å². The van der Waals surface area contributed by atoms with Gasteiger partial charge < -0.3 is 19.9 Å². The van der Waals surface area contributed by atoms with Crippen molar-refractivity contribution in [2.75, 3.05) is 19.7 Å². The maximum atomic E-state index is 5.62. The fourth-order valence-electron chi connectivity index (χ4n) is 3.18. The molecule has 20 heavy (non-hydrogen) atoms. The van der Waals surface area contributed by atoms with Crippen molar-refractivity contribution in [2.24, 2.45) is 0 Å². The number of hydrogen-bond donors (Lipinski definition) is 2. The molecule has 6 heteroatoms. The van der Waals surface area contributed by atoms with Crippen LogP contribution in [0.4, 0.5) is 0 Å². The minimum atomic E-state index is 0.0406. The zero-order chi connectivity index (χ0) is 13.4. The van der Waals surface area contributed by atoms with Crippen LogP contribution in [-0.2, 0) is 4.74 Å². The van der Waals surface area contributed by atoms with Crippen molar-refractivity contribution in [3.8, 4) is 0 Å². The van der Waals surface area contributed by atoms with Gasteiger partial charge in [0.2, 0.25) is 11.7 Å². The molecule has 6 nitrogen and oxygen atoms in total. The zero-order valence-electron chi connectivity index (χ0n) is 11.7. The van der Waals surface area contributed by atoms with Crippen molar-refractivity contribution in [3.63, 3.8) is 0 Å². The summed E-state index contributed by atoms with van der Waals surface area (Å²) in [4.78, 5) is 4.61. The molecule has 2 saturated heterocycles. The van der Waals surface area contributed by atoms with Crippen LogP contribution in [0.2, 0.25) is 0 Å². The smallest absolute Gasteiger partial charge is 0.232 e. The first-order valence-electron chi connectivity index (χ1n) is 7.82. The molecule has 1 aliphatic carbocycles. The fourth-order valence-corrected chi connectivity index (χ4v) is 3.18. The Bertz CT molecular complexity index is 454. The molecule has 3 aliphatic rings. The fraction of sp³-hybridized carbons (Fsp3) is 0.857. The zero-order valence-corrected chi connectivity index (χ0v) is 11.7. The van der Waals surface area contributed by atoms with Crippen molar-refractivity contribution in [1.82, 2.24) is 20.8 Å². The molecule has 2 N–H and O–H groups in total. The first kappa shape index (κ1) is 12.7. The lowest BCUT2D eigenvalue weighted by atomic mass is 9.93. The van der Waals surface area contributed by atoms with Crippen molar-refractivity contribution in [3.05, 3.63) is 11.7 Å². The number of nitrogens with zero attached hydrogens (tertiary/aromatic N) is 2. The highest BCUT2D eigenvalue weighted by Crippen LogP contribution is 2.30. The summed E-state index contributed by atoms with van der Waals surface area (Å²) in [6, 6.07) is 1.17. The summed E-state index contributed by atoms with van der Waals surface area (Å²) in [7, 11) is 0. The van der Waals surface area contributed by atoms with Gasteiger partial charge in [0.1, 0.15) is 6.10 Å². The summed E-state index contributed by atoms with van der Waals surface area (Å²) in [5, 5.41) is 11.3. The van der Waals surface area contributed by atoms with Crippen molar-refractivity contribution >= 4 is 0 Å². The molecule has 0 bridgehead atoms. The third-order valence-corrected chi connectivity index (χ3v) is 4.50. The topological polar surface area (TPSA) is 72.2 Å². The van der Waals surface area contributed by atoms with Crippen LogP contribution in [0.3, 0.4) is 0 Å². The molecule has 3 unspecified atom stereocenters. The number of rotatable bonds is 4. The normalized spacial score (nSPS) is 34.5. The maximum absolute atomic E-state index is 5.62. The minimum Gasteiger partial charge on any atom is -0.370 e. The predicted molar refractivity (Wildman–Crippen MR) is 72.4 cm³/mol. The van der Waals surface area contributed by atoms with E-state index in [1.165, 1.54) is 12.8 Å². The first-order valence-corrected chi connectivity index (χ1v) is 7.82. The van der Waals surface area contributed by atoms with E-state index >= 15 is 0 Å². The molecule has 110 valence electrons. The van der Waals surface area contributed by atoms with Gasteiger partial charge in [-0.2, -0.15) is 4.98 Å². The Morgan fingerprint density at radius 3 is 2.95 bits per heavy atom.